The Kier molecular flexibility index (Phi) is 10.1. The molecule has 1 aromatic heterocycles. The van der Waals surface area contributed by atoms with Crippen LogP contribution in [0.15, 0.2) is 54.7 Å². The first-order valence-corrected chi connectivity index (χ1v) is 13.0. The Morgan fingerprint density at radius 3 is 2.39 bits per heavy atom. The summed E-state index contributed by atoms with van der Waals surface area (Å²) < 4.78 is 10.7. The smallest absolute Gasteiger partial charge is 0.416 e. The molecule has 0 N–H and O–H groups in total. The minimum Gasteiger partial charge on any atom is -0.463 e. The van der Waals surface area contributed by atoms with E-state index >= 15 is 0 Å². The number of hydrogen-bond acceptors (Lipinski definition) is 7. The monoisotopic (exact) mass is 520 g/mol. The van der Waals surface area contributed by atoms with Crippen LogP contribution in [0.4, 0.5) is 16.3 Å². The predicted octanol–water partition coefficient (Wildman–Crippen LogP) is 5.25. The van der Waals surface area contributed by atoms with E-state index in [1.807, 2.05) is 40.9 Å². The number of carbonyl (C=O) groups is 2. The SMILES string of the molecule is CCOC(=O)C=Cc1ccc(N(C(=O)OC(C)(C)C)[C@@H]2CCN(CC=Cc3ccc(N(C)C)cc3)C2)nc1. The second-order valence-corrected chi connectivity index (χ2v) is 10.5. The third-order valence-electron chi connectivity index (χ3n) is 6.00. The third-order valence-corrected chi connectivity index (χ3v) is 6.00. The number of amides is 1. The lowest BCUT2D eigenvalue weighted by Crippen LogP contribution is -2.45. The van der Waals surface area contributed by atoms with E-state index in [0.717, 1.165) is 37.2 Å². The highest BCUT2D eigenvalue weighted by molar-refractivity contribution is 5.88. The second-order valence-electron chi connectivity index (χ2n) is 10.5. The van der Waals surface area contributed by atoms with Gasteiger partial charge in [0, 0.05) is 51.7 Å². The van der Waals surface area contributed by atoms with Gasteiger partial charge in [-0.3, -0.25) is 9.80 Å². The number of ether oxygens (including phenoxy) is 2. The fourth-order valence-corrected chi connectivity index (χ4v) is 4.14. The van der Waals surface area contributed by atoms with Crippen LogP contribution in [0.1, 0.15) is 45.2 Å². The maximum atomic E-state index is 13.3. The van der Waals surface area contributed by atoms with Crippen LogP contribution >= 0.6 is 0 Å². The second kappa shape index (κ2) is 13.2. The van der Waals surface area contributed by atoms with E-state index in [1.54, 1.807) is 30.2 Å². The molecule has 0 saturated carbocycles. The quantitative estimate of drug-likeness (QED) is 0.330. The van der Waals surface area contributed by atoms with E-state index in [-0.39, 0.29) is 6.04 Å². The molecule has 1 amide bonds. The zero-order valence-corrected chi connectivity index (χ0v) is 23.4. The van der Waals surface area contributed by atoms with Gasteiger partial charge in [0.15, 0.2) is 0 Å². The third kappa shape index (κ3) is 8.73. The fraction of sp³-hybridized carbons (Fsp3) is 0.433. The van der Waals surface area contributed by atoms with Crippen molar-refractivity contribution in [3.63, 3.8) is 0 Å². The molecule has 1 aliphatic rings. The lowest BCUT2D eigenvalue weighted by molar-refractivity contribution is -0.137. The molecule has 8 heteroatoms. The maximum absolute atomic E-state index is 13.3. The number of pyridine rings is 1. The zero-order valence-electron chi connectivity index (χ0n) is 23.4. The summed E-state index contributed by atoms with van der Waals surface area (Å²) in [5.41, 5.74) is 2.44. The minimum atomic E-state index is -0.624. The minimum absolute atomic E-state index is 0.0638. The van der Waals surface area contributed by atoms with Crippen molar-refractivity contribution in [3.05, 3.63) is 65.9 Å². The molecule has 1 saturated heterocycles. The van der Waals surface area contributed by atoms with Crippen molar-refractivity contribution in [2.45, 2.75) is 45.8 Å². The van der Waals surface area contributed by atoms with Gasteiger partial charge >= 0.3 is 12.1 Å². The lowest BCUT2D eigenvalue weighted by atomic mass is 10.2. The summed E-state index contributed by atoms with van der Waals surface area (Å²) in [5.74, 6) is 0.119. The van der Waals surface area contributed by atoms with Crippen molar-refractivity contribution in [1.29, 1.82) is 0 Å². The van der Waals surface area contributed by atoms with Crippen LogP contribution < -0.4 is 9.80 Å². The van der Waals surface area contributed by atoms with Crippen molar-refractivity contribution in [3.8, 4) is 0 Å². The van der Waals surface area contributed by atoms with Crippen LogP contribution in [-0.4, -0.2) is 73.9 Å². The number of rotatable bonds is 9. The first kappa shape index (κ1) is 28.9. The molecule has 0 radical (unpaired) electrons. The predicted molar refractivity (Wildman–Crippen MR) is 153 cm³/mol. The summed E-state index contributed by atoms with van der Waals surface area (Å²) in [6.07, 6.45) is 9.34. The van der Waals surface area contributed by atoms with Crippen LogP contribution in [0.5, 0.6) is 0 Å². The normalized spacial score (nSPS) is 16.2. The number of aromatic nitrogens is 1. The number of carbonyl (C=O) groups excluding carboxylic acids is 2. The molecular formula is C30H40N4O4. The van der Waals surface area contributed by atoms with Crippen LogP contribution in [-0.2, 0) is 14.3 Å². The summed E-state index contributed by atoms with van der Waals surface area (Å²) in [5, 5.41) is 0. The number of hydrogen-bond donors (Lipinski definition) is 0. The van der Waals surface area contributed by atoms with Gasteiger partial charge in [0.1, 0.15) is 11.4 Å². The molecule has 1 aromatic carbocycles. The van der Waals surface area contributed by atoms with Crippen LogP contribution in [0.25, 0.3) is 12.2 Å². The average Bonchev–Trinajstić information content (AvgIpc) is 3.31. The van der Waals surface area contributed by atoms with Crippen molar-refractivity contribution in [1.82, 2.24) is 9.88 Å². The molecule has 1 aliphatic heterocycles. The summed E-state index contributed by atoms with van der Waals surface area (Å²) in [6, 6.07) is 12.0. The van der Waals surface area contributed by atoms with E-state index in [2.05, 4.69) is 51.2 Å². The molecule has 2 heterocycles. The highest BCUT2D eigenvalue weighted by atomic mass is 16.6. The Bertz CT molecular complexity index is 1120. The average molecular weight is 521 g/mol. The Balaban J connectivity index is 1.68. The van der Waals surface area contributed by atoms with E-state index < -0.39 is 17.7 Å². The first-order chi connectivity index (χ1) is 18.1. The summed E-state index contributed by atoms with van der Waals surface area (Å²) in [7, 11) is 4.06. The van der Waals surface area contributed by atoms with Crippen LogP contribution in [0.3, 0.4) is 0 Å². The molecule has 0 aliphatic carbocycles. The Morgan fingerprint density at radius 1 is 1.08 bits per heavy atom. The van der Waals surface area contributed by atoms with Gasteiger partial charge in [-0.2, -0.15) is 0 Å². The Labute approximate surface area is 226 Å². The molecule has 0 unspecified atom stereocenters. The number of nitrogens with zero attached hydrogens (tertiary/aromatic N) is 4. The molecule has 2 aromatic rings. The summed E-state index contributed by atoms with van der Waals surface area (Å²) in [4.78, 5) is 35.4. The van der Waals surface area contributed by atoms with Crippen molar-refractivity contribution < 1.29 is 19.1 Å². The first-order valence-electron chi connectivity index (χ1n) is 13.0. The zero-order chi connectivity index (χ0) is 27.7. The molecule has 38 heavy (non-hydrogen) atoms. The highest BCUT2D eigenvalue weighted by Gasteiger charge is 2.34. The van der Waals surface area contributed by atoms with Gasteiger partial charge in [-0.15, -0.1) is 0 Å². The maximum Gasteiger partial charge on any atom is 0.416 e. The van der Waals surface area contributed by atoms with Gasteiger partial charge in [0.2, 0.25) is 0 Å². The van der Waals surface area contributed by atoms with Crippen LogP contribution in [0, 0.1) is 0 Å². The Morgan fingerprint density at radius 2 is 1.79 bits per heavy atom. The number of benzene rings is 1. The molecule has 204 valence electrons. The molecular weight excluding hydrogens is 480 g/mol. The van der Waals surface area contributed by atoms with Gasteiger partial charge < -0.3 is 14.4 Å². The van der Waals surface area contributed by atoms with Crippen LogP contribution in [0.2, 0.25) is 0 Å². The molecule has 8 nitrogen and oxygen atoms in total. The van der Waals surface area contributed by atoms with Gasteiger partial charge in [-0.1, -0.05) is 24.3 Å². The van der Waals surface area contributed by atoms with Crippen molar-refractivity contribution in [2.24, 2.45) is 0 Å². The molecule has 1 atom stereocenters. The summed E-state index contributed by atoms with van der Waals surface area (Å²) in [6.45, 7) is 10.0. The standard InChI is InChI=1S/C30H40N4O4/c1-7-37-28(35)17-13-24-12-16-27(31-21-24)34(29(36)38-30(2,3)4)26-18-20-33(22-26)19-8-9-23-10-14-25(15-11-23)32(5)6/h8-17,21,26H,7,18-20,22H2,1-6H3/t26-/m1/s1. The lowest BCUT2D eigenvalue weighted by Gasteiger charge is -2.31. The summed E-state index contributed by atoms with van der Waals surface area (Å²) >= 11 is 0. The molecule has 1 fully saturated rings. The van der Waals surface area contributed by atoms with Gasteiger partial charge in [0.05, 0.1) is 12.6 Å². The largest absolute Gasteiger partial charge is 0.463 e. The van der Waals surface area contributed by atoms with Crippen molar-refractivity contribution in [2.75, 3.05) is 50.1 Å². The van der Waals surface area contributed by atoms with E-state index in [9.17, 15) is 9.59 Å². The van der Waals surface area contributed by atoms with Crippen molar-refractivity contribution >= 4 is 35.7 Å². The van der Waals surface area contributed by atoms with Gasteiger partial charge in [-0.05, 0) is 75.6 Å². The number of anilines is 2. The van der Waals surface area contributed by atoms with E-state index in [4.69, 9.17) is 9.47 Å². The molecule has 3 rings (SSSR count). The van der Waals surface area contributed by atoms with Gasteiger partial charge in [0.25, 0.3) is 0 Å². The topological polar surface area (TPSA) is 75.2 Å². The highest BCUT2D eigenvalue weighted by Crippen LogP contribution is 2.25. The fourth-order valence-electron chi connectivity index (χ4n) is 4.14. The van der Waals surface area contributed by atoms with E-state index in [0.29, 0.717) is 12.4 Å². The number of likely N-dealkylation sites (tertiary alicyclic amines) is 1. The van der Waals surface area contributed by atoms with E-state index in [1.165, 1.54) is 11.8 Å². The molecule has 0 bridgehead atoms. The van der Waals surface area contributed by atoms with Gasteiger partial charge in [-0.25, -0.2) is 14.6 Å². The number of esters is 1. The molecule has 0 spiro atoms. The Hall–Kier alpha value is -3.65.